The van der Waals surface area contributed by atoms with Crippen LogP contribution in [0.3, 0.4) is 0 Å². The van der Waals surface area contributed by atoms with Crippen molar-refractivity contribution < 1.29 is 13.6 Å². The molecule has 140 valence electrons. The van der Waals surface area contributed by atoms with Crippen LogP contribution in [0.1, 0.15) is 5.76 Å². The molecule has 10 heteroatoms. The number of aryl methyl sites for hydroxylation is 1. The lowest BCUT2D eigenvalue weighted by atomic mass is 10.3. The van der Waals surface area contributed by atoms with Crippen LogP contribution >= 0.6 is 11.8 Å². The Morgan fingerprint density at radius 2 is 2.07 bits per heavy atom. The van der Waals surface area contributed by atoms with E-state index in [1.165, 1.54) is 11.8 Å². The molecule has 1 fully saturated rings. The number of hydrogen-bond donors (Lipinski definition) is 0. The van der Waals surface area contributed by atoms with Crippen molar-refractivity contribution in [3.05, 3.63) is 36.7 Å². The van der Waals surface area contributed by atoms with Crippen molar-refractivity contribution in [1.29, 1.82) is 0 Å². The third-order valence-corrected chi connectivity index (χ3v) is 5.12. The Hall–Kier alpha value is -2.88. The zero-order valence-electron chi connectivity index (χ0n) is 14.7. The topological polar surface area (TPSA) is 101 Å². The summed E-state index contributed by atoms with van der Waals surface area (Å²) in [6.07, 6.45) is 6.64. The van der Waals surface area contributed by atoms with E-state index in [-0.39, 0.29) is 11.7 Å². The lowest BCUT2D eigenvalue weighted by Gasteiger charge is -2.35. The van der Waals surface area contributed by atoms with Gasteiger partial charge in [0.25, 0.3) is 11.1 Å². The molecule has 27 heavy (non-hydrogen) atoms. The standard InChI is InChI=1S/C17H18N6O3S/c1-12-13(2-9-25-12)16-20-21-17(26-16)27-11-15(24)23-7-5-22(6-8-23)14-10-18-3-4-19-14/h2-4,9-10H,5-8,11H2,1H3. The van der Waals surface area contributed by atoms with Gasteiger partial charge >= 0.3 is 0 Å². The summed E-state index contributed by atoms with van der Waals surface area (Å²) in [5, 5.41) is 8.38. The van der Waals surface area contributed by atoms with Crippen LogP contribution in [0.5, 0.6) is 0 Å². The number of piperazine rings is 1. The summed E-state index contributed by atoms with van der Waals surface area (Å²) >= 11 is 1.25. The first-order valence-electron chi connectivity index (χ1n) is 8.50. The van der Waals surface area contributed by atoms with E-state index in [1.807, 2.05) is 11.8 Å². The molecule has 1 amide bonds. The molecule has 0 N–H and O–H groups in total. The first kappa shape index (κ1) is 17.5. The van der Waals surface area contributed by atoms with Crippen molar-refractivity contribution in [1.82, 2.24) is 25.1 Å². The number of amides is 1. The number of thioether (sulfide) groups is 1. The fourth-order valence-corrected chi connectivity index (χ4v) is 3.50. The molecule has 3 aromatic heterocycles. The van der Waals surface area contributed by atoms with E-state index in [4.69, 9.17) is 8.83 Å². The monoisotopic (exact) mass is 386 g/mol. The molecule has 4 rings (SSSR count). The summed E-state index contributed by atoms with van der Waals surface area (Å²) < 4.78 is 10.8. The summed E-state index contributed by atoms with van der Waals surface area (Å²) in [7, 11) is 0. The first-order valence-corrected chi connectivity index (χ1v) is 9.49. The van der Waals surface area contributed by atoms with Crippen molar-refractivity contribution in [2.24, 2.45) is 0 Å². The molecule has 0 atom stereocenters. The minimum atomic E-state index is 0.0537. The summed E-state index contributed by atoms with van der Waals surface area (Å²) in [6, 6.07) is 1.78. The molecule has 1 saturated heterocycles. The van der Waals surface area contributed by atoms with Crippen LogP contribution in [0.2, 0.25) is 0 Å². The fraction of sp³-hybridized carbons (Fsp3) is 0.353. The highest BCUT2D eigenvalue weighted by molar-refractivity contribution is 7.99. The SMILES string of the molecule is Cc1occc1-c1nnc(SCC(=O)N2CCN(c3cnccn3)CC2)o1. The number of rotatable bonds is 5. The zero-order chi connectivity index (χ0) is 18.6. The van der Waals surface area contributed by atoms with E-state index in [1.54, 1.807) is 30.9 Å². The fourth-order valence-electron chi connectivity index (χ4n) is 2.84. The second-order valence-corrected chi connectivity index (χ2v) is 6.91. The minimum absolute atomic E-state index is 0.0537. The van der Waals surface area contributed by atoms with Gasteiger partial charge in [-0.15, -0.1) is 10.2 Å². The Balaban J connectivity index is 1.28. The number of aromatic nitrogens is 4. The summed E-state index contributed by atoms with van der Waals surface area (Å²) in [5.41, 5.74) is 0.765. The summed E-state index contributed by atoms with van der Waals surface area (Å²) in [6.45, 7) is 4.61. The van der Waals surface area contributed by atoms with E-state index < -0.39 is 0 Å². The van der Waals surface area contributed by atoms with Crippen LogP contribution in [0.15, 0.2) is 45.0 Å². The molecule has 3 aromatic rings. The van der Waals surface area contributed by atoms with Crippen molar-refractivity contribution in [2.75, 3.05) is 36.8 Å². The number of anilines is 1. The van der Waals surface area contributed by atoms with Crippen molar-refractivity contribution >= 4 is 23.5 Å². The molecule has 0 radical (unpaired) electrons. The van der Waals surface area contributed by atoms with Gasteiger partial charge in [0.2, 0.25) is 5.91 Å². The number of hydrogen-bond acceptors (Lipinski definition) is 9. The van der Waals surface area contributed by atoms with Gasteiger partial charge in [-0.1, -0.05) is 11.8 Å². The number of furan rings is 1. The number of carbonyl (C=O) groups is 1. The minimum Gasteiger partial charge on any atom is -0.469 e. The van der Waals surface area contributed by atoms with Crippen LogP contribution in [0.4, 0.5) is 5.82 Å². The first-order chi connectivity index (χ1) is 13.2. The predicted molar refractivity (Wildman–Crippen MR) is 98.3 cm³/mol. The number of nitrogens with zero attached hydrogens (tertiary/aromatic N) is 6. The predicted octanol–water partition coefficient (Wildman–Crippen LogP) is 1.87. The normalized spacial score (nSPS) is 14.6. The highest BCUT2D eigenvalue weighted by Crippen LogP contribution is 2.26. The second-order valence-electron chi connectivity index (χ2n) is 5.98. The van der Waals surface area contributed by atoms with E-state index in [2.05, 4.69) is 25.1 Å². The molecule has 0 spiro atoms. The van der Waals surface area contributed by atoms with Crippen molar-refractivity contribution in [3.8, 4) is 11.5 Å². The smallest absolute Gasteiger partial charge is 0.277 e. The Bertz CT molecular complexity index is 904. The molecular weight excluding hydrogens is 368 g/mol. The van der Waals surface area contributed by atoms with Gasteiger partial charge in [-0.3, -0.25) is 9.78 Å². The molecule has 0 bridgehead atoms. The molecule has 4 heterocycles. The van der Waals surface area contributed by atoms with E-state index >= 15 is 0 Å². The van der Waals surface area contributed by atoms with E-state index in [9.17, 15) is 4.79 Å². The average molecular weight is 386 g/mol. The molecule has 9 nitrogen and oxygen atoms in total. The van der Waals surface area contributed by atoms with Crippen LogP contribution in [-0.4, -0.2) is 62.9 Å². The zero-order valence-corrected chi connectivity index (χ0v) is 15.6. The van der Waals surface area contributed by atoms with Gasteiger partial charge in [0.05, 0.1) is 23.8 Å². The maximum absolute atomic E-state index is 12.5. The van der Waals surface area contributed by atoms with Gasteiger partial charge in [0, 0.05) is 38.6 Å². The van der Waals surface area contributed by atoms with Crippen LogP contribution in [-0.2, 0) is 4.79 Å². The van der Waals surface area contributed by atoms with Gasteiger partial charge in [-0.25, -0.2) is 4.98 Å². The Kier molecular flexibility index (Phi) is 5.05. The Morgan fingerprint density at radius 3 is 2.78 bits per heavy atom. The van der Waals surface area contributed by atoms with Crippen LogP contribution in [0.25, 0.3) is 11.5 Å². The average Bonchev–Trinajstić information content (AvgIpc) is 3.35. The molecule has 0 aliphatic carbocycles. The van der Waals surface area contributed by atoms with Gasteiger partial charge < -0.3 is 18.6 Å². The quantitative estimate of drug-likeness (QED) is 0.608. The van der Waals surface area contributed by atoms with Gasteiger partial charge in [0.15, 0.2) is 0 Å². The van der Waals surface area contributed by atoms with E-state index in [0.29, 0.717) is 30.0 Å². The van der Waals surface area contributed by atoms with Crippen LogP contribution < -0.4 is 4.90 Å². The maximum atomic E-state index is 12.5. The molecular formula is C17H18N6O3S. The second kappa shape index (κ2) is 7.78. The molecule has 0 aromatic carbocycles. The van der Waals surface area contributed by atoms with Crippen molar-refractivity contribution in [2.45, 2.75) is 12.1 Å². The highest BCUT2D eigenvalue weighted by atomic mass is 32.2. The molecule has 0 unspecified atom stereocenters. The third-order valence-electron chi connectivity index (χ3n) is 4.32. The third kappa shape index (κ3) is 3.95. The maximum Gasteiger partial charge on any atom is 0.277 e. The number of carbonyl (C=O) groups excluding carboxylic acids is 1. The van der Waals surface area contributed by atoms with Crippen LogP contribution in [0, 0.1) is 6.92 Å². The Labute approximate surface area is 159 Å². The molecule has 1 aliphatic rings. The van der Waals surface area contributed by atoms with Gasteiger partial charge in [-0.2, -0.15) is 0 Å². The molecule has 0 saturated carbocycles. The largest absolute Gasteiger partial charge is 0.469 e. The van der Waals surface area contributed by atoms with Crippen molar-refractivity contribution in [3.63, 3.8) is 0 Å². The summed E-state index contributed by atoms with van der Waals surface area (Å²) in [5.74, 6) is 2.27. The van der Waals surface area contributed by atoms with Gasteiger partial charge in [0.1, 0.15) is 11.6 Å². The summed E-state index contributed by atoms with van der Waals surface area (Å²) in [4.78, 5) is 24.8. The lowest BCUT2D eigenvalue weighted by molar-refractivity contribution is -0.128. The molecule has 1 aliphatic heterocycles. The highest BCUT2D eigenvalue weighted by Gasteiger charge is 2.23. The Morgan fingerprint density at radius 1 is 1.22 bits per heavy atom. The van der Waals surface area contributed by atoms with Gasteiger partial charge in [-0.05, 0) is 13.0 Å². The lowest BCUT2D eigenvalue weighted by Crippen LogP contribution is -2.49. The van der Waals surface area contributed by atoms with E-state index in [0.717, 1.165) is 24.5 Å².